The van der Waals surface area contributed by atoms with Crippen molar-refractivity contribution >= 4 is 5.78 Å². The number of carbonyl (C=O) groups is 1. The topological polar surface area (TPSA) is 29.1 Å². The van der Waals surface area contributed by atoms with Gasteiger partial charge < -0.3 is 5.32 Å². The number of rotatable bonds is 3. The van der Waals surface area contributed by atoms with Gasteiger partial charge in [0, 0.05) is 0 Å². The zero-order valence-electron chi connectivity index (χ0n) is 11.8. The SMILES string of the molecule is O=C(c1ccccc1F)C1(c2ccccc2)CCNCC1. The summed E-state index contributed by atoms with van der Waals surface area (Å²) in [7, 11) is 0. The third-order valence-electron chi connectivity index (χ3n) is 4.34. The number of ketones is 1. The Morgan fingerprint density at radius 2 is 1.57 bits per heavy atom. The van der Waals surface area contributed by atoms with E-state index < -0.39 is 11.2 Å². The van der Waals surface area contributed by atoms with Crippen molar-refractivity contribution in [2.24, 2.45) is 0 Å². The average molecular weight is 283 g/mol. The molecule has 0 amide bonds. The molecule has 1 aliphatic rings. The normalized spacial score (nSPS) is 17.4. The summed E-state index contributed by atoms with van der Waals surface area (Å²) in [6.45, 7) is 1.55. The van der Waals surface area contributed by atoms with Gasteiger partial charge in [0.1, 0.15) is 5.82 Å². The molecule has 0 saturated carbocycles. The number of hydrogen-bond donors (Lipinski definition) is 1. The van der Waals surface area contributed by atoms with E-state index in [0.29, 0.717) is 12.8 Å². The predicted octanol–water partition coefficient (Wildman–Crippen LogP) is 3.33. The Hall–Kier alpha value is -2.00. The number of Topliss-reactive ketones (excluding diaryl/α,β-unsaturated/α-hetero) is 1. The zero-order chi connectivity index (χ0) is 14.7. The van der Waals surface area contributed by atoms with Crippen LogP contribution in [0.4, 0.5) is 4.39 Å². The average Bonchev–Trinajstić information content (AvgIpc) is 2.56. The molecule has 3 heteroatoms. The van der Waals surface area contributed by atoms with E-state index in [4.69, 9.17) is 0 Å². The lowest BCUT2D eigenvalue weighted by molar-refractivity contribution is 0.0843. The maximum Gasteiger partial charge on any atom is 0.176 e. The Morgan fingerprint density at radius 1 is 0.952 bits per heavy atom. The Bertz CT molecular complexity index is 633. The van der Waals surface area contributed by atoms with Crippen molar-refractivity contribution in [3.05, 3.63) is 71.5 Å². The second-order valence-corrected chi connectivity index (χ2v) is 5.51. The van der Waals surface area contributed by atoms with Crippen LogP contribution in [0.5, 0.6) is 0 Å². The third kappa shape index (κ3) is 2.49. The van der Waals surface area contributed by atoms with E-state index in [2.05, 4.69) is 5.32 Å². The molecular formula is C18H18FNO. The van der Waals surface area contributed by atoms with Gasteiger partial charge >= 0.3 is 0 Å². The van der Waals surface area contributed by atoms with Crippen LogP contribution in [-0.4, -0.2) is 18.9 Å². The molecule has 0 aromatic heterocycles. The summed E-state index contributed by atoms with van der Waals surface area (Å²) in [6.07, 6.45) is 1.40. The molecule has 21 heavy (non-hydrogen) atoms. The van der Waals surface area contributed by atoms with Crippen LogP contribution in [0.3, 0.4) is 0 Å². The van der Waals surface area contributed by atoms with Crippen molar-refractivity contribution in [2.45, 2.75) is 18.3 Å². The van der Waals surface area contributed by atoms with Gasteiger partial charge in [-0.1, -0.05) is 42.5 Å². The Balaban J connectivity index is 2.08. The van der Waals surface area contributed by atoms with Gasteiger partial charge in [-0.2, -0.15) is 0 Å². The van der Waals surface area contributed by atoms with E-state index in [1.807, 2.05) is 30.3 Å². The molecule has 1 N–H and O–H groups in total. The van der Waals surface area contributed by atoms with E-state index in [0.717, 1.165) is 18.7 Å². The van der Waals surface area contributed by atoms with Gasteiger partial charge in [0.15, 0.2) is 5.78 Å². The predicted molar refractivity (Wildman–Crippen MR) is 81.0 cm³/mol. The number of nitrogens with one attached hydrogen (secondary N) is 1. The highest BCUT2D eigenvalue weighted by molar-refractivity contribution is 6.04. The molecule has 0 bridgehead atoms. The summed E-state index contributed by atoms with van der Waals surface area (Å²) in [5, 5.41) is 3.28. The molecule has 108 valence electrons. The molecule has 2 aromatic carbocycles. The molecule has 0 unspecified atom stereocenters. The lowest BCUT2D eigenvalue weighted by Gasteiger charge is -2.37. The summed E-state index contributed by atoms with van der Waals surface area (Å²) in [5.41, 5.74) is 0.567. The van der Waals surface area contributed by atoms with E-state index >= 15 is 0 Å². The van der Waals surface area contributed by atoms with Gasteiger partial charge in [-0.25, -0.2) is 4.39 Å². The van der Waals surface area contributed by atoms with Crippen molar-refractivity contribution in [3.63, 3.8) is 0 Å². The van der Waals surface area contributed by atoms with E-state index in [9.17, 15) is 9.18 Å². The van der Waals surface area contributed by atoms with Gasteiger partial charge in [-0.15, -0.1) is 0 Å². The first-order valence-electron chi connectivity index (χ1n) is 7.30. The summed E-state index contributed by atoms with van der Waals surface area (Å²) in [5.74, 6) is -0.537. The van der Waals surface area contributed by atoms with E-state index in [-0.39, 0.29) is 11.3 Å². The molecule has 1 saturated heterocycles. The lowest BCUT2D eigenvalue weighted by Crippen LogP contribution is -2.45. The van der Waals surface area contributed by atoms with Crippen molar-refractivity contribution in [1.82, 2.24) is 5.32 Å². The van der Waals surface area contributed by atoms with Crippen LogP contribution in [0.15, 0.2) is 54.6 Å². The second-order valence-electron chi connectivity index (χ2n) is 5.51. The largest absolute Gasteiger partial charge is 0.317 e. The highest BCUT2D eigenvalue weighted by Gasteiger charge is 2.42. The monoisotopic (exact) mass is 283 g/mol. The highest BCUT2D eigenvalue weighted by atomic mass is 19.1. The van der Waals surface area contributed by atoms with Crippen molar-refractivity contribution in [1.29, 1.82) is 0 Å². The fourth-order valence-electron chi connectivity index (χ4n) is 3.16. The molecule has 1 fully saturated rings. The minimum atomic E-state index is -0.616. The van der Waals surface area contributed by atoms with Gasteiger partial charge in [0.2, 0.25) is 0 Å². The van der Waals surface area contributed by atoms with Crippen molar-refractivity contribution < 1.29 is 9.18 Å². The van der Waals surface area contributed by atoms with Crippen LogP contribution < -0.4 is 5.32 Å². The molecule has 2 nitrogen and oxygen atoms in total. The Labute approximate surface area is 124 Å². The summed E-state index contributed by atoms with van der Waals surface area (Å²) >= 11 is 0. The standard InChI is InChI=1S/C18H18FNO/c19-16-9-5-4-8-15(16)17(21)18(10-12-20-13-11-18)14-6-2-1-3-7-14/h1-9,20H,10-13H2. The first-order chi connectivity index (χ1) is 10.2. The van der Waals surface area contributed by atoms with Crippen LogP contribution in [0, 0.1) is 5.82 Å². The maximum atomic E-state index is 14.0. The minimum absolute atomic E-state index is 0.103. The van der Waals surface area contributed by atoms with Crippen LogP contribution >= 0.6 is 0 Å². The molecule has 1 heterocycles. The van der Waals surface area contributed by atoms with Crippen LogP contribution in [0.25, 0.3) is 0 Å². The van der Waals surface area contributed by atoms with Gasteiger partial charge in [0.05, 0.1) is 11.0 Å². The van der Waals surface area contributed by atoms with E-state index in [1.165, 1.54) is 6.07 Å². The minimum Gasteiger partial charge on any atom is -0.317 e. The summed E-state index contributed by atoms with van der Waals surface area (Å²) < 4.78 is 14.0. The number of piperidine rings is 1. The molecule has 3 rings (SSSR count). The molecule has 1 aliphatic heterocycles. The molecule has 0 atom stereocenters. The van der Waals surface area contributed by atoms with Gasteiger partial charge in [-0.3, -0.25) is 4.79 Å². The third-order valence-corrected chi connectivity index (χ3v) is 4.34. The van der Waals surface area contributed by atoms with Gasteiger partial charge in [-0.05, 0) is 43.6 Å². The fraction of sp³-hybridized carbons (Fsp3) is 0.278. The highest BCUT2D eigenvalue weighted by Crippen LogP contribution is 2.37. The molecular weight excluding hydrogens is 265 g/mol. The number of benzene rings is 2. The summed E-state index contributed by atoms with van der Waals surface area (Å²) in [6, 6.07) is 16.0. The Kier molecular flexibility index (Phi) is 3.84. The Morgan fingerprint density at radius 3 is 2.24 bits per heavy atom. The zero-order valence-corrected chi connectivity index (χ0v) is 11.8. The molecule has 0 spiro atoms. The van der Waals surface area contributed by atoms with Crippen LogP contribution in [0.2, 0.25) is 0 Å². The quantitative estimate of drug-likeness (QED) is 0.875. The maximum absolute atomic E-state index is 14.0. The van der Waals surface area contributed by atoms with Crippen molar-refractivity contribution in [2.75, 3.05) is 13.1 Å². The van der Waals surface area contributed by atoms with E-state index in [1.54, 1.807) is 18.2 Å². The number of halogens is 1. The van der Waals surface area contributed by atoms with Gasteiger partial charge in [0.25, 0.3) is 0 Å². The van der Waals surface area contributed by atoms with Crippen molar-refractivity contribution in [3.8, 4) is 0 Å². The number of carbonyl (C=O) groups excluding carboxylic acids is 1. The van der Waals surface area contributed by atoms with Crippen LogP contribution in [0.1, 0.15) is 28.8 Å². The first kappa shape index (κ1) is 14.0. The first-order valence-corrected chi connectivity index (χ1v) is 7.30. The molecule has 0 aliphatic carbocycles. The lowest BCUT2D eigenvalue weighted by atomic mass is 9.68. The number of hydrogen-bond acceptors (Lipinski definition) is 2. The second kappa shape index (κ2) is 5.78. The summed E-state index contributed by atoms with van der Waals surface area (Å²) in [4.78, 5) is 13.1. The smallest absolute Gasteiger partial charge is 0.176 e. The molecule has 0 radical (unpaired) electrons. The fourth-order valence-corrected chi connectivity index (χ4v) is 3.16. The van der Waals surface area contributed by atoms with Crippen LogP contribution in [-0.2, 0) is 5.41 Å². The molecule has 2 aromatic rings.